The Morgan fingerprint density at radius 3 is 1.05 bits per heavy atom. The highest BCUT2D eigenvalue weighted by molar-refractivity contribution is 6.29. The highest BCUT2D eigenvalue weighted by atomic mass is 16.5. The van der Waals surface area contributed by atoms with E-state index in [0.29, 0.717) is 33.0 Å². The van der Waals surface area contributed by atoms with Crippen LogP contribution in [0.1, 0.15) is 84.4 Å². The summed E-state index contributed by atoms with van der Waals surface area (Å²) in [5, 5.41) is 3.02. The summed E-state index contributed by atoms with van der Waals surface area (Å²) in [5.41, 5.74) is 2.82. The van der Waals surface area contributed by atoms with Gasteiger partial charge in [0.2, 0.25) is 0 Å². The van der Waals surface area contributed by atoms with Gasteiger partial charge in [0, 0.05) is 55.6 Å². The summed E-state index contributed by atoms with van der Waals surface area (Å²) in [5.74, 6) is -2.58. The predicted octanol–water partition coefficient (Wildman–Crippen LogP) is 9.65. The fraction of sp³-hybridized carbons (Fsp3) is 0. The number of fused-ring (bicyclic) bond motifs is 6. The number of ether oxygens (including phenoxy) is 2. The van der Waals surface area contributed by atoms with Crippen LogP contribution in [0, 0.1) is 0 Å². The van der Waals surface area contributed by atoms with Crippen LogP contribution in [-0.2, 0) is 0 Å². The second-order valence-electron chi connectivity index (χ2n) is 14.0. The van der Waals surface area contributed by atoms with E-state index in [9.17, 15) is 28.8 Å². The molecule has 0 N–H and O–H groups in total. The van der Waals surface area contributed by atoms with E-state index >= 15 is 0 Å². The lowest BCUT2D eigenvalue weighted by molar-refractivity contribution is 0.0723. The molecule has 8 nitrogen and oxygen atoms in total. The fourth-order valence-electron chi connectivity index (χ4n) is 7.96. The Balaban J connectivity index is 1.06. The lowest BCUT2D eigenvalue weighted by Gasteiger charge is -2.20. The van der Waals surface area contributed by atoms with Crippen LogP contribution in [0.4, 0.5) is 0 Å². The summed E-state index contributed by atoms with van der Waals surface area (Å²) >= 11 is 0. The van der Waals surface area contributed by atoms with Gasteiger partial charge in [-0.3, -0.25) is 19.2 Å². The van der Waals surface area contributed by atoms with E-state index in [0.717, 1.165) is 10.8 Å². The molecule has 8 aromatic rings. The Hall–Kier alpha value is -8.10. The maximum atomic E-state index is 14.1. The average molecular weight is 755 g/mol. The number of esters is 2. The Kier molecular flexibility index (Phi) is 7.88. The first-order valence-electron chi connectivity index (χ1n) is 18.4. The maximum Gasteiger partial charge on any atom is 0.343 e. The van der Waals surface area contributed by atoms with Gasteiger partial charge in [0.1, 0.15) is 11.5 Å². The second kappa shape index (κ2) is 13.3. The first-order valence-corrected chi connectivity index (χ1v) is 18.4. The SMILES string of the molecule is O=C(Oc1ccc2ccccc2c1-c1c(OC(=O)c2ccc3c(c2)C(=O)c2ccccc2C3=O)ccc2ccccc12)c1ccc2c(c1)C(=O)c1ccccc1C2=O. The Morgan fingerprint density at radius 1 is 0.328 bits per heavy atom. The van der Waals surface area contributed by atoms with E-state index in [2.05, 4.69) is 0 Å². The molecule has 0 amide bonds. The van der Waals surface area contributed by atoms with Crippen molar-refractivity contribution in [2.75, 3.05) is 0 Å². The molecule has 8 aromatic carbocycles. The molecule has 58 heavy (non-hydrogen) atoms. The lowest BCUT2D eigenvalue weighted by Crippen LogP contribution is -2.22. The van der Waals surface area contributed by atoms with Crippen LogP contribution in [0.25, 0.3) is 32.7 Å². The third-order valence-electron chi connectivity index (χ3n) is 10.8. The van der Waals surface area contributed by atoms with Crippen molar-refractivity contribution in [3.8, 4) is 22.6 Å². The second-order valence-corrected chi connectivity index (χ2v) is 14.0. The quantitative estimate of drug-likeness (QED) is 0.126. The zero-order chi connectivity index (χ0) is 39.7. The molecule has 0 unspecified atom stereocenters. The molecular weight excluding hydrogens is 729 g/mol. The molecule has 274 valence electrons. The van der Waals surface area contributed by atoms with Crippen molar-refractivity contribution in [3.63, 3.8) is 0 Å². The number of hydrogen-bond acceptors (Lipinski definition) is 8. The Morgan fingerprint density at radius 2 is 0.655 bits per heavy atom. The molecule has 10 rings (SSSR count). The molecule has 0 aliphatic heterocycles. The summed E-state index contributed by atoms with van der Waals surface area (Å²) in [6, 6.07) is 43.8. The van der Waals surface area contributed by atoms with E-state index in [4.69, 9.17) is 9.47 Å². The van der Waals surface area contributed by atoms with Gasteiger partial charge in [-0.05, 0) is 70.1 Å². The standard InChI is InChI=1S/C50H26O8/c51-45-33-13-5-7-15-35(33)47(53)39-25-29(17-21-37(39)45)49(55)57-41-23-19-27-9-1-3-11-31(27)43(41)44-32-12-4-2-10-28(32)20-24-42(44)58-50(56)30-18-22-38-40(26-30)48(54)36-16-8-6-14-34(36)46(38)52/h1-26H. The highest BCUT2D eigenvalue weighted by Crippen LogP contribution is 2.46. The van der Waals surface area contributed by atoms with Crippen LogP contribution >= 0.6 is 0 Å². The van der Waals surface area contributed by atoms with Gasteiger partial charge >= 0.3 is 11.9 Å². The van der Waals surface area contributed by atoms with Crippen molar-refractivity contribution >= 4 is 56.6 Å². The number of benzene rings is 8. The number of carbonyl (C=O) groups is 6. The van der Waals surface area contributed by atoms with Gasteiger partial charge in [0.25, 0.3) is 0 Å². The van der Waals surface area contributed by atoms with E-state index in [1.807, 2.05) is 60.7 Å². The molecule has 0 heterocycles. The number of hydrogen-bond donors (Lipinski definition) is 0. The Labute approximate surface area is 329 Å². The monoisotopic (exact) mass is 754 g/mol. The first-order chi connectivity index (χ1) is 28.3. The van der Waals surface area contributed by atoms with E-state index in [1.54, 1.807) is 60.7 Å². The third kappa shape index (κ3) is 5.38. The van der Waals surface area contributed by atoms with E-state index < -0.39 is 11.9 Å². The molecule has 0 spiro atoms. The number of carbonyl (C=O) groups excluding carboxylic acids is 6. The van der Waals surface area contributed by atoms with Gasteiger partial charge in [0.05, 0.1) is 11.1 Å². The largest absolute Gasteiger partial charge is 0.422 e. The molecule has 2 aliphatic rings. The average Bonchev–Trinajstić information content (AvgIpc) is 3.27. The van der Waals surface area contributed by atoms with Gasteiger partial charge < -0.3 is 9.47 Å². The third-order valence-corrected chi connectivity index (χ3v) is 10.8. The van der Waals surface area contributed by atoms with Crippen molar-refractivity contribution in [3.05, 3.63) is 213 Å². The van der Waals surface area contributed by atoms with Gasteiger partial charge in [-0.2, -0.15) is 0 Å². The molecule has 0 fully saturated rings. The van der Waals surface area contributed by atoms with Crippen LogP contribution < -0.4 is 9.47 Å². The van der Waals surface area contributed by atoms with Crippen LogP contribution in [-0.4, -0.2) is 35.1 Å². The molecule has 2 aliphatic carbocycles. The summed E-state index contributed by atoms with van der Waals surface area (Å²) in [6.07, 6.45) is 0. The summed E-state index contributed by atoms with van der Waals surface area (Å²) in [7, 11) is 0. The minimum absolute atomic E-state index is 0.0611. The maximum absolute atomic E-state index is 14.1. The topological polar surface area (TPSA) is 121 Å². The minimum Gasteiger partial charge on any atom is -0.422 e. The zero-order valence-corrected chi connectivity index (χ0v) is 30.3. The summed E-state index contributed by atoms with van der Waals surface area (Å²) < 4.78 is 12.4. The fourth-order valence-corrected chi connectivity index (χ4v) is 7.96. The predicted molar refractivity (Wildman–Crippen MR) is 216 cm³/mol. The molecule has 8 heteroatoms. The van der Waals surface area contributed by atoms with Gasteiger partial charge in [-0.25, -0.2) is 9.59 Å². The molecular formula is C50H26O8. The molecule has 0 saturated carbocycles. The molecule has 0 saturated heterocycles. The molecule has 0 radical (unpaired) electrons. The Bertz CT molecular complexity index is 2980. The van der Waals surface area contributed by atoms with Crippen molar-refractivity contribution in [2.45, 2.75) is 0 Å². The molecule has 0 atom stereocenters. The van der Waals surface area contributed by atoms with Crippen molar-refractivity contribution in [2.24, 2.45) is 0 Å². The van der Waals surface area contributed by atoms with Gasteiger partial charge in [-0.15, -0.1) is 0 Å². The normalized spacial score (nSPS) is 12.8. The van der Waals surface area contributed by atoms with Crippen LogP contribution in [0.3, 0.4) is 0 Å². The van der Waals surface area contributed by atoms with Crippen LogP contribution in [0.2, 0.25) is 0 Å². The number of ketones is 4. The van der Waals surface area contributed by atoms with E-state index in [1.165, 1.54) is 36.4 Å². The highest BCUT2D eigenvalue weighted by Gasteiger charge is 2.32. The molecule has 0 bridgehead atoms. The first kappa shape index (κ1) is 34.4. The van der Waals surface area contributed by atoms with Crippen LogP contribution in [0.5, 0.6) is 11.5 Å². The molecule has 0 aromatic heterocycles. The minimum atomic E-state index is -0.771. The smallest absolute Gasteiger partial charge is 0.343 e. The van der Waals surface area contributed by atoms with Gasteiger partial charge in [-0.1, -0.05) is 109 Å². The van der Waals surface area contributed by atoms with Crippen LogP contribution in [0.15, 0.2) is 158 Å². The van der Waals surface area contributed by atoms with E-state index in [-0.39, 0.29) is 79.1 Å². The number of rotatable bonds is 5. The van der Waals surface area contributed by atoms with Crippen molar-refractivity contribution in [1.82, 2.24) is 0 Å². The summed E-state index contributed by atoms with van der Waals surface area (Å²) in [6.45, 7) is 0. The summed E-state index contributed by atoms with van der Waals surface area (Å²) in [4.78, 5) is 81.6. The van der Waals surface area contributed by atoms with Crippen molar-refractivity contribution in [1.29, 1.82) is 0 Å². The van der Waals surface area contributed by atoms with Gasteiger partial charge in [0.15, 0.2) is 23.1 Å². The lowest BCUT2D eigenvalue weighted by atomic mass is 9.83. The van der Waals surface area contributed by atoms with Crippen molar-refractivity contribution < 1.29 is 38.2 Å². The zero-order valence-electron chi connectivity index (χ0n) is 30.3.